The molecule has 10 nitrogen and oxygen atoms in total. The number of sulfonamides is 1. The van der Waals surface area contributed by atoms with E-state index in [1.54, 1.807) is 12.1 Å². The summed E-state index contributed by atoms with van der Waals surface area (Å²) in [6, 6.07) is 5.95. The third-order valence-corrected chi connectivity index (χ3v) is 4.66. The average molecular weight is 362 g/mol. The molecule has 3 rings (SSSR count). The van der Waals surface area contributed by atoms with Crippen molar-refractivity contribution in [2.45, 2.75) is 18.4 Å². The number of aromatic nitrogens is 4. The van der Waals surface area contributed by atoms with Crippen molar-refractivity contribution in [1.82, 2.24) is 25.3 Å². The van der Waals surface area contributed by atoms with Crippen molar-refractivity contribution >= 4 is 33.0 Å². The van der Waals surface area contributed by atoms with E-state index in [1.807, 2.05) is 0 Å². The van der Waals surface area contributed by atoms with Gasteiger partial charge < -0.3 is 10.3 Å². The predicted octanol–water partition coefficient (Wildman–Crippen LogP) is 0.0831. The molecule has 0 atom stereocenters. The molecule has 0 aliphatic carbocycles. The lowest BCUT2D eigenvalue weighted by molar-refractivity contribution is -0.119. The van der Waals surface area contributed by atoms with Crippen molar-refractivity contribution in [2.24, 2.45) is 0 Å². The Labute approximate surface area is 141 Å². The fraction of sp³-hybridized carbons (Fsp3) is 0.143. The zero-order valence-corrected chi connectivity index (χ0v) is 13.8. The molecule has 1 aromatic carbocycles. The number of anilines is 1. The molecule has 11 heteroatoms. The van der Waals surface area contributed by atoms with Gasteiger partial charge in [0.2, 0.25) is 11.9 Å². The summed E-state index contributed by atoms with van der Waals surface area (Å²) >= 11 is 0. The molecule has 1 amide bonds. The van der Waals surface area contributed by atoms with Crippen LogP contribution in [0.25, 0.3) is 11.2 Å². The number of fused-ring (bicyclic) bond motifs is 1. The van der Waals surface area contributed by atoms with E-state index in [4.69, 9.17) is 0 Å². The molecule has 0 unspecified atom stereocenters. The highest BCUT2D eigenvalue weighted by Gasteiger charge is 2.16. The first-order valence-electron chi connectivity index (χ1n) is 7.15. The van der Waals surface area contributed by atoms with Crippen molar-refractivity contribution in [2.75, 3.05) is 4.72 Å². The highest BCUT2D eigenvalue weighted by molar-refractivity contribution is 7.92. The van der Waals surface area contributed by atoms with Crippen LogP contribution in [-0.2, 0) is 21.4 Å². The predicted molar refractivity (Wildman–Crippen MR) is 89.3 cm³/mol. The maximum absolute atomic E-state index is 12.4. The molecule has 3 aromatic rings. The Hall–Kier alpha value is -3.21. The highest BCUT2D eigenvalue weighted by atomic mass is 32.2. The quantitative estimate of drug-likeness (QED) is 0.505. The molecule has 0 fully saturated rings. The van der Waals surface area contributed by atoms with Crippen LogP contribution in [0.5, 0.6) is 0 Å². The van der Waals surface area contributed by atoms with Gasteiger partial charge in [0.15, 0.2) is 11.2 Å². The summed E-state index contributed by atoms with van der Waals surface area (Å²) in [5.74, 6) is -0.408. The molecular weight excluding hydrogens is 348 g/mol. The summed E-state index contributed by atoms with van der Waals surface area (Å²) in [5, 5.41) is 2.62. The van der Waals surface area contributed by atoms with Gasteiger partial charge >= 0.3 is 0 Å². The van der Waals surface area contributed by atoms with Crippen molar-refractivity contribution in [3.63, 3.8) is 0 Å². The minimum Gasteiger partial charge on any atom is -0.352 e. The number of benzene rings is 1. The lowest BCUT2D eigenvalue weighted by Gasteiger charge is -2.08. The Bertz CT molecular complexity index is 1080. The van der Waals surface area contributed by atoms with Crippen LogP contribution in [0.1, 0.15) is 12.5 Å². The van der Waals surface area contributed by atoms with Gasteiger partial charge in [0.25, 0.3) is 15.6 Å². The molecule has 0 saturated heterocycles. The number of hydrogen-bond donors (Lipinski definition) is 4. The second-order valence-corrected chi connectivity index (χ2v) is 6.86. The first-order chi connectivity index (χ1) is 11.8. The zero-order chi connectivity index (χ0) is 18.0. The molecule has 2 heterocycles. The van der Waals surface area contributed by atoms with Crippen molar-refractivity contribution in [3.8, 4) is 0 Å². The topological polar surface area (TPSA) is 150 Å². The monoisotopic (exact) mass is 362 g/mol. The lowest BCUT2D eigenvalue weighted by atomic mass is 10.2. The summed E-state index contributed by atoms with van der Waals surface area (Å²) in [5.41, 5.74) is 0.474. The summed E-state index contributed by atoms with van der Waals surface area (Å²) in [6.45, 7) is 1.69. The molecule has 0 bridgehead atoms. The largest absolute Gasteiger partial charge is 0.352 e. The second-order valence-electron chi connectivity index (χ2n) is 5.17. The molecule has 0 aliphatic rings. The molecule has 130 valence electrons. The Kier molecular flexibility index (Phi) is 4.23. The van der Waals surface area contributed by atoms with E-state index < -0.39 is 15.6 Å². The highest BCUT2D eigenvalue weighted by Crippen LogP contribution is 2.14. The number of nitrogens with one attached hydrogen (secondary N) is 4. The van der Waals surface area contributed by atoms with Gasteiger partial charge in [0, 0.05) is 13.5 Å². The van der Waals surface area contributed by atoms with E-state index in [0.29, 0.717) is 6.54 Å². The molecule has 25 heavy (non-hydrogen) atoms. The van der Waals surface area contributed by atoms with Gasteiger partial charge in [0.05, 0.1) is 11.2 Å². The smallest absolute Gasteiger partial charge is 0.278 e. The van der Waals surface area contributed by atoms with Crippen molar-refractivity contribution in [1.29, 1.82) is 0 Å². The van der Waals surface area contributed by atoms with Gasteiger partial charge in [-0.25, -0.2) is 18.1 Å². The van der Waals surface area contributed by atoms with Crippen LogP contribution in [0.3, 0.4) is 0 Å². The molecule has 0 spiro atoms. The van der Waals surface area contributed by atoms with E-state index >= 15 is 0 Å². The van der Waals surface area contributed by atoms with Crippen LogP contribution in [0.15, 0.2) is 40.3 Å². The Morgan fingerprint density at radius 3 is 2.64 bits per heavy atom. The van der Waals surface area contributed by atoms with Crippen molar-refractivity contribution in [3.05, 3.63) is 46.5 Å². The van der Waals surface area contributed by atoms with E-state index in [9.17, 15) is 18.0 Å². The number of carbonyl (C=O) groups excluding carboxylic acids is 1. The van der Waals surface area contributed by atoms with Crippen LogP contribution in [0.2, 0.25) is 0 Å². The maximum Gasteiger partial charge on any atom is 0.278 e. The lowest BCUT2D eigenvalue weighted by Crippen LogP contribution is -2.20. The minimum atomic E-state index is -3.94. The van der Waals surface area contributed by atoms with Gasteiger partial charge in [0.1, 0.15) is 0 Å². The fourth-order valence-electron chi connectivity index (χ4n) is 2.09. The minimum absolute atomic E-state index is 0.0103. The molecule has 2 aromatic heterocycles. The Morgan fingerprint density at radius 1 is 1.24 bits per heavy atom. The molecule has 4 N–H and O–H groups in total. The second kappa shape index (κ2) is 6.36. The third-order valence-electron chi connectivity index (χ3n) is 3.30. The Morgan fingerprint density at radius 2 is 1.96 bits per heavy atom. The summed E-state index contributed by atoms with van der Waals surface area (Å²) in [6.07, 6.45) is 1.29. The standard InChI is InChI=1S/C14H14N6O4S/c1-8(21)15-6-9-2-4-10(5-3-9)25(23,24)20-14-18-12-11(13(22)19-14)16-7-17-12/h2-5,7H,6H2,1H3,(H,15,21)(H3,16,17,18,19,20,22). The molecule has 0 radical (unpaired) electrons. The number of nitrogens with zero attached hydrogens (tertiary/aromatic N) is 2. The summed E-state index contributed by atoms with van der Waals surface area (Å²) in [4.78, 5) is 35.4. The van der Waals surface area contributed by atoms with Crippen LogP contribution in [0, 0.1) is 0 Å². The SMILES string of the molecule is CC(=O)NCc1ccc(S(=O)(=O)Nc2nc3nc[nH]c3c(=O)[nH]2)cc1. The van der Waals surface area contributed by atoms with Crippen LogP contribution < -0.4 is 15.6 Å². The zero-order valence-electron chi connectivity index (χ0n) is 13.0. The molecule has 0 saturated carbocycles. The van der Waals surface area contributed by atoms with Gasteiger partial charge in [-0.1, -0.05) is 12.1 Å². The fourth-order valence-corrected chi connectivity index (χ4v) is 3.05. The Balaban J connectivity index is 1.83. The van der Waals surface area contributed by atoms with Gasteiger partial charge in [-0.2, -0.15) is 4.98 Å². The number of rotatable bonds is 5. The van der Waals surface area contributed by atoms with Crippen molar-refractivity contribution < 1.29 is 13.2 Å². The number of amides is 1. The van der Waals surface area contributed by atoms with E-state index in [-0.39, 0.29) is 27.9 Å². The van der Waals surface area contributed by atoms with Gasteiger partial charge in [-0.05, 0) is 17.7 Å². The van der Waals surface area contributed by atoms with E-state index in [1.165, 1.54) is 25.4 Å². The normalized spacial score (nSPS) is 11.4. The summed E-state index contributed by atoms with van der Waals surface area (Å²) in [7, 11) is -3.94. The number of H-pyrrole nitrogens is 2. The van der Waals surface area contributed by atoms with Crippen LogP contribution >= 0.6 is 0 Å². The average Bonchev–Trinajstić information content (AvgIpc) is 3.02. The van der Waals surface area contributed by atoms with Gasteiger partial charge in [-0.3, -0.25) is 14.6 Å². The van der Waals surface area contributed by atoms with E-state index in [0.717, 1.165) is 5.56 Å². The van der Waals surface area contributed by atoms with Crippen LogP contribution in [-0.4, -0.2) is 34.3 Å². The number of imidazole rings is 1. The summed E-state index contributed by atoms with van der Waals surface area (Å²) < 4.78 is 27.0. The molecular formula is C14H14N6O4S. The third kappa shape index (κ3) is 3.66. The van der Waals surface area contributed by atoms with E-state index in [2.05, 4.69) is 30.0 Å². The number of aromatic amines is 2. The van der Waals surface area contributed by atoms with Crippen LogP contribution in [0.4, 0.5) is 5.95 Å². The van der Waals surface area contributed by atoms with Gasteiger partial charge in [-0.15, -0.1) is 0 Å². The first kappa shape index (κ1) is 16.6. The first-order valence-corrected chi connectivity index (χ1v) is 8.63. The molecule has 0 aliphatic heterocycles. The maximum atomic E-state index is 12.4. The number of carbonyl (C=O) groups is 1. The number of hydrogen-bond acceptors (Lipinski definition) is 6.